The van der Waals surface area contributed by atoms with E-state index in [-0.39, 0.29) is 12.6 Å². The molecule has 1 fully saturated rings. The molecule has 3 rings (SSSR count). The Bertz CT molecular complexity index is 596. The number of nitrogens with zero attached hydrogens (tertiary/aromatic N) is 1. The van der Waals surface area contributed by atoms with Crippen molar-refractivity contribution in [2.24, 2.45) is 5.92 Å². The fraction of sp³-hybridized carbons (Fsp3) is 0.389. The maximum Gasteiger partial charge on any atom is 0.119 e. The van der Waals surface area contributed by atoms with E-state index < -0.39 is 6.10 Å². The summed E-state index contributed by atoms with van der Waals surface area (Å²) in [5.41, 5.74) is 7.66. The number of aliphatic hydroxyl groups is 1. The minimum absolute atomic E-state index is 0.226. The normalized spacial score (nSPS) is 21.5. The van der Waals surface area contributed by atoms with Gasteiger partial charge >= 0.3 is 0 Å². The molecule has 1 aliphatic rings. The quantitative estimate of drug-likeness (QED) is 0.576. The van der Waals surface area contributed by atoms with Crippen molar-refractivity contribution in [1.82, 2.24) is 21.2 Å². The Morgan fingerprint density at radius 3 is 2.92 bits per heavy atom. The van der Waals surface area contributed by atoms with Gasteiger partial charge in [0.1, 0.15) is 18.5 Å². The van der Waals surface area contributed by atoms with Gasteiger partial charge in [0.25, 0.3) is 0 Å². The molecule has 6 heteroatoms. The van der Waals surface area contributed by atoms with Gasteiger partial charge in [-0.25, -0.2) is 5.43 Å². The number of ether oxygens (including phenoxy) is 1. The molecule has 0 radical (unpaired) electrons. The number of nitrogens with one attached hydrogen (secondary N) is 3. The van der Waals surface area contributed by atoms with Crippen LogP contribution in [0.1, 0.15) is 11.6 Å². The molecule has 1 aliphatic heterocycles. The first-order chi connectivity index (χ1) is 11.8. The molecule has 128 valence electrons. The number of benzene rings is 1. The molecule has 3 unspecified atom stereocenters. The third-order valence-corrected chi connectivity index (χ3v) is 4.11. The monoisotopic (exact) mass is 328 g/mol. The molecule has 0 spiro atoms. The Hall–Kier alpha value is -1.99. The molecular weight excluding hydrogens is 304 g/mol. The number of aliphatic hydroxyl groups excluding tert-OH is 1. The largest absolute Gasteiger partial charge is 0.491 e. The molecule has 0 aliphatic carbocycles. The van der Waals surface area contributed by atoms with Gasteiger partial charge in [-0.2, -0.15) is 0 Å². The number of hydrogen-bond donors (Lipinski definition) is 4. The van der Waals surface area contributed by atoms with Crippen LogP contribution in [0.4, 0.5) is 0 Å². The van der Waals surface area contributed by atoms with Gasteiger partial charge in [0.2, 0.25) is 0 Å². The Balaban J connectivity index is 1.39. The van der Waals surface area contributed by atoms with Crippen LogP contribution in [0.15, 0.2) is 54.9 Å². The summed E-state index contributed by atoms with van der Waals surface area (Å²) >= 11 is 0. The molecular formula is C18H24N4O2. The van der Waals surface area contributed by atoms with E-state index in [1.54, 1.807) is 6.20 Å². The number of rotatable bonds is 8. The number of hydrogen-bond acceptors (Lipinski definition) is 6. The van der Waals surface area contributed by atoms with Crippen LogP contribution in [0.5, 0.6) is 5.75 Å². The van der Waals surface area contributed by atoms with Crippen molar-refractivity contribution in [3.8, 4) is 5.75 Å². The molecule has 1 aromatic heterocycles. The van der Waals surface area contributed by atoms with E-state index >= 15 is 0 Å². The zero-order valence-electron chi connectivity index (χ0n) is 13.6. The molecule has 4 N–H and O–H groups in total. The second-order valence-corrected chi connectivity index (χ2v) is 5.99. The van der Waals surface area contributed by atoms with Crippen molar-refractivity contribution in [3.63, 3.8) is 0 Å². The Labute approximate surface area is 142 Å². The van der Waals surface area contributed by atoms with Gasteiger partial charge < -0.3 is 15.2 Å². The lowest BCUT2D eigenvalue weighted by atomic mass is 9.96. The van der Waals surface area contributed by atoms with E-state index in [0.29, 0.717) is 12.5 Å². The smallest absolute Gasteiger partial charge is 0.119 e. The van der Waals surface area contributed by atoms with Crippen LogP contribution in [0.2, 0.25) is 0 Å². The summed E-state index contributed by atoms with van der Waals surface area (Å²) in [6, 6.07) is 13.8. The molecule has 0 bridgehead atoms. The van der Waals surface area contributed by atoms with Gasteiger partial charge in [0.05, 0.1) is 6.04 Å². The van der Waals surface area contributed by atoms with E-state index in [0.717, 1.165) is 18.8 Å². The Morgan fingerprint density at radius 1 is 1.25 bits per heavy atom. The lowest BCUT2D eigenvalue weighted by Crippen LogP contribution is -2.36. The van der Waals surface area contributed by atoms with Gasteiger partial charge in [-0.3, -0.25) is 10.4 Å². The predicted molar refractivity (Wildman–Crippen MR) is 92.4 cm³/mol. The third-order valence-electron chi connectivity index (χ3n) is 4.11. The molecule has 6 nitrogen and oxygen atoms in total. The zero-order chi connectivity index (χ0) is 16.6. The summed E-state index contributed by atoms with van der Waals surface area (Å²) in [4.78, 5) is 4.18. The van der Waals surface area contributed by atoms with E-state index in [1.807, 2.05) is 42.6 Å². The highest BCUT2D eigenvalue weighted by Gasteiger charge is 2.27. The van der Waals surface area contributed by atoms with Gasteiger partial charge in [-0.1, -0.05) is 24.3 Å². The first kappa shape index (κ1) is 16.9. The van der Waals surface area contributed by atoms with Gasteiger partial charge in [0, 0.05) is 37.9 Å². The average molecular weight is 328 g/mol. The number of pyridine rings is 1. The Kier molecular flexibility index (Phi) is 6.14. The van der Waals surface area contributed by atoms with Crippen molar-refractivity contribution in [3.05, 3.63) is 60.4 Å². The van der Waals surface area contributed by atoms with E-state index in [2.05, 4.69) is 27.2 Å². The van der Waals surface area contributed by atoms with Crippen molar-refractivity contribution in [2.75, 3.05) is 26.2 Å². The predicted octanol–water partition coefficient (Wildman–Crippen LogP) is 0.876. The Morgan fingerprint density at radius 2 is 2.12 bits per heavy atom. The van der Waals surface area contributed by atoms with Crippen LogP contribution in [-0.2, 0) is 0 Å². The van der Waals surface area contributed by atoms with Crippen LogP contribution in [0.25, 0.3) is 0 Å². The van der Waals surface area contributed by atoms with Crippen LogP contribution in [-0.4, -0.2) is 42.4 Å². The van der Waals surface area contributed by atoms with E-state index in [4.69, 9.17) is 4.74 Å². The molecule has 2 aromatic rings. The highest BCUT2D eigenvalue weighted by atomic mass is 16.5. The SMILES string of the molecule is OC(CNCC1CNNC1c1cccnc1)COc1ccccc1. The highest BCUT2D eigenvalue weighted by Crippen LogP contribution is 2.23. The maximum absolute atomic E-state index is 10.0. The van der Waals surface area contributed by atoms with Gasteiger partial charge in [-0.05, 0) is 23.8 Å². The summed E-state index contributed by atoms with van der Waals surface area (Å²) in [7, 11) is 0. The van der Waals surface area contributed by atoms with E-state index in [1.165, 1.54) is 5.56 Å². The first-order valence-corrected chi connectivity index (χ1v) is 8.28. The van der Waals surface area contributed by atoms with Crippen molar-refractivity contribution in [1.29, 1.82) is 0 Å². The summed E-state index contributed by atoms with van der Waals surface area (Å²) in [5, 5.41) is 13.4. The fourth-order valence-corrected chi connectivity index (χ4v) is 2.84. The number of para-hydroxylation sites is 1. The van der Waals surface area contributed by atoms with Gasteiger partial charge in [0.15, 0.2) is 0 Å². The van der Waals surface area contributed by atoms with Crippen LogP contribution in [0.3, 0.4) is 0 Å². The fourth-order valence-electron chi connectivity index (χ4n) is 2.84. The van der Waals surface area contributed by atoms with Crippen molar-refractivity contribution < 1.29 is 9.84 Å². The lowest BCUT2D eigenvalue weighted by Gasteiger charge is -2.20. The van der Waals surface area contributed by atoms with Crippen LogP contribution >= 0.6 is 0 Å². The molecule has 24 heavy (non-hydrogen) atoms. The molecule has 1 saturated heterocycles. The van der Waals surface area contributed by atoms with E-state index in [9.17, 15) is 5.11 Å². The van der Waals surface area contributed by atoms with Gasteiger partial charge in [-0.15, -0.1) is 0 Å². The van der Waals surface area contributed by atoms with Crippen LogP contribution in [0, 0.1) is 5.92 Å². The van der Waals surface area contributed by atoms with Crippen molar-refractivity contribution in [2.45, 2.75) is 12.1 Å². The zero-order valence-corrected chi connectivity index (χ0v) is 13.6. The van der Waals surface area contributed by atoms with Crippen molar-refractivity contribution >= 4 is 0 Å². The minimum Gasteiger partial charge on any atom is -0.491 e. The second-order valence-electron chi connectivity index (χ2n) is 5.99. The third kappa shape index (κ3) is 4.75. The highest BCUT2D eigenvalue weighted by molar-refractivity contribution is 5.21. The first-order valence-electron chi connectivity index (χ1n) is 8.28. The molecule has 0 amide bonds. The minimum atomic E-state index is -0.538. The standard InChI is InChI=1S/C18H24N4O2/c23-16(13-24-17-6-2-1-3-7-17)12-20-10-15-11-21-22-18(15)14-5-4-8-19-9-14/h1-9,15-16,18,20-23H,10-13H2. The summed E-state index contributed by atoms with van der Waals surface area (Å²) in [5.74, 6) is 1.17. The number of hydrazine groups is 1. The number of aromatic nitrogens is 1. The van der Waals surface area contributed by atoms with Crippen LogP contribution < -0.4 is 20.9 Å². The summed E-state index contributed by atoms with van der Waals surface area (Å²) in [6.45, 7) is 2.47. The molecule has 2 heterocycles. The lowest BCUT2D eigenvalue weighted by molar-refractivity contribution is 0.105. The molecule has 0 saturated carbocycles. The second kappa shape index (κ2) is 8.75. The average Bonchev–Trinajstić information content (AvgIpc) is 3.10. The maximum atomic E-state index is 10.0. The summed E-state index contributed by atoms with van der Waals surface area (Å²) < 4.78 is 5.56. The molecule has 1 aromatic carbocycles. The topological polar surface area (TPSA) is 78.4 Å². The summed E-state index contributed by atoms with van der Waals surface area (Å²) in [6.07, 6.45) is 3.13. The molecule has 3 atom stereocenters.